The predicted molar refractivity (Wildman–Crippen MR) is 116 cm³/mol. The lowest BCUT2D eigenvalue weighted by Gasteiger charge is -2.13. The van der Waals surface area contributed by atoms with E-state index in [1.165, 1.54) is 24.3 Å². The summed E-state index contributed by atoms with van der Waals surface area (Å²) in [4.78, 5) is 55.4. The fraction of sp³-hybridized carbons (Fsp3) is 0.158. The summed E-state index contributed by atoms with van der Waals surface area (Å²) in [7, 11) is 0. The van der Waals surface area contributed by atoms with Crippen molar-refractivity contribution < 1.29 is 29.4 Å². The van der Waals surface area contributed by atoms with E-state index < -0.39 is 36.2 Å². The maximum Gasteiger partial charge on any atom is 0.326 e. The van der Waals surface area contributed by atoms with Crippen molar-refractivity contribution in [1.82, 2.24) is 15.3 Å². The van der Waals surface area contributed by atoms with E-state index >= 15 is 0 Å². The van der Waals surface area contributed by atoms with Crippen LogP contribution in [0.2, 0.25) is 0 Å². The highest BCUT2D eigenvalue weighted by molar-refractivity contribution is 7.20. The minimum Gasteiger partial charge on any atom is -0.481 e. The fourth-order valence-electron chi connectivity index (χ4n) is 2.74. The molecule has 0 aliphatic carbocycles. The van der Waals surface area contributed by atoms with Crippen LogP contribution in [0.4, 0.5) is 17.5 Å². The molecule has 3 aromatic rings. The summed E-state index contributed by atoms with van der Waals surface area (Å²) in [5.41, 5.74) is 11.9. The number of anilines is 3. The van der Waals surface area contributed by atoms with Crippen molar-refractivity contribution in [3.8, 4) is 0 Å². The van der Waals surface area contributed by atoms with Gasteiger partial charge in [-0.3, -0.25) is 14.4 Å². The number of carboxylic acids is 2. The number of aromatic nitrogens is 2. The van der Waals surface area contributed by atoms with Gasteiger partial charge >= 0.3 is 11.9 Å². The minimum absolute atomic E-state index is 0.00534. The molecule has 0 aliphatic rings. The number of benzene rings is 1. The Morgan fingerprint density at radius 2 is 1.72 bits per heavy atom. The number of nitrogens with zero attached hydrogens (tertiary/aromatic N) is 2. The average molecular weight is 458 g/mol. The third kappa shape index (κ3) is 5.26. The fourth-order valence-corrected chi connectivity index (χ4v) is 3.68. The topological polar surface area (TPSA) is 211 Å². The van der Waals surface area contributed by atoms with Crippen LogP contribution in [0, 0.1) is 0 Å². The van der Waals surface area contributed by atoms with Gasteiger partial charge in [0.05, 0.1) is 10.3 Å². The molecule has 0 saturated heterocycles. The van der Waals surface area contributed by atoms with E-state index in [1.807, 2.05) is 0 Å². The number of nitrogens with one attached hydrogen (secondary N) is 2. The molecule has 1 atom stereocenters. The number of amides is 2. The largest absolute Gasteiger partial charge is 0.481 e. The maximum absolute atomic E-state index is 12.5. The number of fused-ring (bicyclic) bond motifs is 1. The first kappa shape index (κ1) is 22.4. The van der Waals surface area contributed by atoms with Crippen LogP contribution in [0.25, 0.3) is 10.2 Å². The molecule has 32 heavy (non-hydrogen) atoms. The number of thiophene rings is 1. The molecule has 0 spiro atoms. The SMILES string of the molecule is Nc1nc(N)c2cc(C(=O)Nc3ccc(C(=O)N[C@@H](CCC(=O)O)C(=O)O)cc3)sc2n1. The lowest BCUT2D eigenvalue weighted by Crippen LogP contribution is -2.41. The predicted octanol–water partition coefficient (Wildman–Crippen LogP) is 1.16. The van der Waals surface area contributed by atoms with E-state index in [0.717, 1.165) is 11.3 Å². The normalized spacial score (nSPS) is 11.6. The number of hydrogen-bond donors (Lipinski definition) is 6. The van der Waals surface area contributed by atoms with E-state index in [2.05, 4.69) is 20.6 Å². The first-order valence-corrected chi connectivity index (χ1v) is 9.95. The second-order valence-electron chi connectivity index (χ2n) is 6.62. The molecule has 0 aliphatic heterocycles. The monoisotopic (exact) mass is 458 g/mol. The third-order valence-corrected chi connectivity index (χ3v) is 5.35. The number of carbonyl (C=O) groups is 4. The zero-order valence-electron chi connectivity index (χ0n) is 16.4. The van der Waals surface area contributed by atoms with Gasteiger partial charge in [-0.2, -0.15) is 4.98 Å². The van der Waals surface area contributed by atoms with Gasteiger partial charge in [0.25, 0.3) is 11.8 Å². The number of hydrogen-bond acceptors (Lipinski definition) is 9. The van der Waals surface area contributed by atoms with E-state index in [-0.39, 0.29) is 23.8 Å². The molecule has 8 N–H and O–H groups in total. The van der Waals surface area contributed by atoms with Gasteiger partial charge in [-0.25, -0.2) is 9.78 Å². The molecular weight excluding hydrogens is 440 g/mol. The van der Waals surface area contributed by atoms with Crippen molar-refractivity contribution in [2.75, 3.05) is 16.8 Å². The summed E-state index contributed by atoms with van der Waals surface area (Å²) in [6.45, 7) is 0. The van der Waals surface area contributed by atoms with Crippen LogP contribution in [-0.2, 0) is 9.59 Å². The van der Waals surface area contributed by atoms with Crippen LogP contribution in [0.5, 0.6) is 0 Å². The van der Waals surface area contributed by atoms with Crippen LogP contribution in [0.1, 0.15) is 32.9 Å². The number of nitrogen functional groups attached to an aromatic ring is 2. The summed E-state index contributed by atoms with van der Waals surface area (Å²) in [6.07, 6.45) is -0.649. The van der Waals surface area contributed by atoms with Gasteiger partial charge in [0.2, 0.25) is 5.95 Å². The second kappa shape index (κ2) is 9.26. The third-order valence-electron chi connectivity index (χ3n) is 4.32. The number of nitrogens with two attached hydrogens (primary N) is 2. The first-order valence-electron chi connectivity index (χ1n) is 9.13. The Kier molecular flexibility index (Phi) is 6.49. The number of carbonyl (C=O) groups excluding carboxylic acids is 2. The van der Waals surface area contributed by atoms with Gasteiger partial charge in [0, 0.05) is 17.7 Å². The van der Waals surface area contributed by atoms with Crippen LogP contribution >= 0.6 is 11.3 Å². The Morgan fingerprint density at radius 1 is 1.03 bits per heavy atom. The van der Waals surface area contributed by atoms with Gasteiger partial charge in [-0.15, -0.1) is 11.3 Å². The second-order valence-corrected chi connectivity index (χ2v) is 7.66. The van der Waals surface area contributed by atoms with Crippen molar-refractivity contribution in [3.05, 3.63) is 40.8 Å². The summed E-state index contributed by atoms with van der Waals surface area (Å²) < 4.78 is 0. The van der Waals surface area contributed by atoms with Gasteiger partial charge in [-0.05, 0) is 36.8 Å². The van der Waals surface area contributed by atoms with E-state index in [4.69, 9.17) is 21.7 Å². The van der Waals surface area contributed by atoms with E-state index in [0.29, 0.717) is 20.8 Å². The van der Waals surface area contributed by atoms with Crippen molar-refractivity contribution >= 4 is 62.8 Å². The molecule has 2 heterocycles. The molecule has 0 unspecified atom stereocenters. The zero-order chi connectivity index (χ0) is 23.4. The molecule has 0 bridgehead atoms. The average Bonchev–Trinajstić information content (AvgIpc) is 3.15. The molecule has 166 valence electrons. The Morgan fingerprint density at radius 3 is 2.34 bits per heavy atom. The van der Waals surface area contributed by atoms with Crippen molar-refractivity contribution in [2.45, 2.75) is 18.9 Å². The van der Waals surface area contributed by atoms with Crippen molar-refractivity contribution in [1.29, 1.82) is 0 Å². The highest BCUT2D eigenvalue weighted by Gasteiger charge is 2.21. The molecule has 13 heteroatoms. The summed E-state index contributed by atoms with van der Waals surface area (Å²) in [5, 5.41) is 23.3. The molecule has 3 rings (SSSR count). The number of aliphatic carboxylic acids is 2. The minimum atomic E-state index is -1.34. The van der Waals surface area contributed by atoms with Gasteiger partial charge < -0.3 is 32.3 Å². The van der Waals surface area contributed by atoms with Crippen LogP contribution in [0.3, 0.4) is 0 Å². The Balaban J connectivity index is 1.67. The standard InChI is InChI=1S/C19H18N6O6S/c20-14-10-7-12(32-17(10)25-19(21)24-14)16(29)22-9-3-1-8(2-4-9)15(28)23-11(18(30)31)5-6-13(26)27/h1-4,7,11H,5-6H2,(H,22,29)(H,23,28)(H,26,27)(H,30,31)(H4,20,21,24,25)/t11-/m0/s1. The zero-order valence-corrected chi connectivity index (χ0v) is 17.2. The molecule has 0 radical (unpaired) electrons. The summed E-state index contributed by atoms with van der Waals surface area (Å²) in [5.74, 6) is -3.44. The molecule has 0 saturated carbocycles. The lowest BCUT2D eigenvalue weighted by atomic mass is 10.1. The molecule has 2 aromatic heterocycles. The van der Waals surface area contributed by atoms with E-state index in [1.54, 1.807) is 6.07 Å². The van der Waals surface area contributed by atoms with Crippen LogP contribution in [-0.4, -0.2) is 50.0 Å². The summed E-state index contributed by atoms with van der Waals surface area (Å²) in [6, 6.07) is 5.95. The van der Waals surface area contributed by atoms with Gasteiger partial charge in [-0.1, -0.05) is 0 Å². The Labute approximate surface area is 184 Å². The Hall–Kier alpha value is -4.26. The van der Waals surface area contributed by atoms with Crippen LogP contribution in [0.15, 0.2) is 30.3 Å². The summed E-state index contributed by atoms with van der Waals surface area (Å²) >= 11 is 1.09. The van der Waals surface area contributed by atoms with Crippen molar-refractivity contribution in [3.63, 3.8) is 0 Å². The van der Waals surface area contributed by atoms with Crippen LogP contribution < -0.4 is 22.1 Å². The Bertz CT molecular complexity index is 1210. The number of carboxylic acid groups (broad SMARTS) is 2. The molecule has 2 amide bonds. The molecule has 1 aromatic carbocycles. The highest BCUT2D eigenvalue weighted by Crippen LogP contribution is 2.28. The molecular formula is C19H18N6O6S. The van der Waals surface area contributed by atoms with Gasteiger partial charge in [0.15, 0.2) is 0 Å². The molecule has 0 fully saturated rings. The first-order chi connectivity index (χ1) is 15.1. The maximum atomic E-state index is 12.5. The smallest absolute Gasteiger partial charge is 0.326 e. The molecule has 12 nitrogen and oxygen atoms in total. The van der Waals surface area contributed by atoms with Gasteiger partial charge in [0.1, 0.15) is 16.7 Å². The van der Waals surface area contributed by atoms with Crippen molar-refractivity contribution in [2.24, 2.45) is 0 Å². The highest BCUT2D eigenvalue weighted by atomic mass is 32.1. The lowest BCUT2D eigenvalue weighted by molar-refractivity contribution is -0.140. The quantitative estimate of drug-likeness (QED) is 0.283. The van der Waals surface area contributed by atoms with E-state index in [9.17, 15) is 19.2 Å². The number of rotatable bonds is 8.